The first kappa shape index (κ1) is 19.3. The molecule has 0 radical (unpaired) electrons. The molecule has 0 amide bonds. The molecule has 18 heavy (non-hydrogen) atoms. The third-order valence-corrected chi connectivity index (χ3v) is 1.32. The van der Waals surface area contributed by atoms with E-state index in [-0.39, 0.29) is 5.92 Å². The van der Waals surface area contributed by atoms with Gasteiger partial charge in [0.25, 0.3) is 6.10 Å². The fourth-order valence-electron chi connectivity index (χ4n) is 0.438. The van der Waals surface area contributed by atoms with Crippen LogP contribution in [-0.4, -0.2) is 36.4 Å². The van der Waals surface area contributed by atoms with Crippen molar-refractivity contribution in [3.8, 4) is 0 Å². The van der Waals surface area contributed by atoms with E-state index in [0.29, 0.717) is 0 Å². The highest BCUT2D eigenvalue weighted by Gasteiger charge is 2.58. The number of rotatable bonds is 3. The van der Waals surface area contributed by atoms with Crippen molar-refractivity contribution in [2.45, 2.75) is 32.3 Å². The SMILES string of the molecule is CC(C)C(=O)O.FCOC(C(F)(F)F)C(F)(F)F. The molecule has 0 saturated carbocycles. The summed E-state index contributed by atoms with van der Waals surface area (Å²) >= 11 is 0. The van der Waals surface area contributed by atoms with Crippen LogP contribution >= 0.6 is 0 Å². The molecule has 0 unspecified atom stereocenters. The molecule has 0 aromatic heterocycles. The third-order valence-electron chi connectivity index (χ3n) is 1.32. The van der Waals surface area contributed by atoms with Crippen molar-refractivity contribution in [1.82, 2.24) is 0 Å². The Bertz CT molecular complexity index is 232. The maximum absolute atomic E-state index is 11.4. The molecule has 0 rings (SSSR count). The van der Waals surface area contributed by atoms with Gasteiger partial charge in [0.2, 0.25) is 0 Å². The normalized spacial score (nSPS) is 12.4. The Labute approximate surface area is 97.5 Å². The molecule has 0 aromatic rings. The number of alkyl halides is 7. The van der Waals surface area contributed by atoms with Crippen molar-refractivity contribution in [1.29, 1.82) is 0 Å². The van der Waals surface area contributed by atoms with Gasteiger partial charge >= 0.3 is 18.3 Å². The van der Waals surface area contributed by atoms with E-state index in [1.165, 1.54) is 0 Å². The van der Waals surface area contributed by atoms with Crippen LogP contribution in [0.5, 0.6) is 0 Å². The van der Waals surface area contributed by atoms with Crippen molar-refractivity contribution >= 4 is 5.97 Å². The Hall–Kier alpha value is -1.06. The first-order valence-corrected chi connectivity index (χ1v) is 4.37. The smallest absolute Gasteiger partial charge is 0.423 e. The predicted molar refractivity (Wildman–Crippen MR) is 45.4 cm³/mol. The average molecular weight is 288 g/mol. The number of hydrogen-bond acceptors (Lipinski definition) is 2. The highest BCUT2D eigenvalue weighted by molar-refractivity contribution is 5.68. The monoisotopic (exact) mass is 288 g/mol. The second-order valence-corrected chi connectivity index (χ2v) is 3.23. The summed E-state index contributed by atoms with van der Waals surface area (Å²) in [5, 5.41) is 7.99. The van der Waals surface area contributed by atoms with E-state index in [1.807, 2.05) is 0 Å². The summed E-state index contributed by atoms with van der Waals surface area (Å²) < 4.78 is 82.3. The van der Waals surface area contributed by atoms with E-state index in [0.717, 1.165) is 0 Å². The molecule has 0 spiro atoms. The largest absolute Gasteiger partial charge is 0.481 e. The summed E-state index contributed by atoms with van der Waals surface area (Å²) in [6, 6.07) is 0. The van der Waals surface area contributed by atoms with Crippen LogP contribution in [0.15, 0.2) is 0 Å². The fourth-order valence-corrected chi connectivity index (χ4v) is 0.438. The van der Waals surface area contributed by atoms with Crippen LogP contribution < -0.4 is 0 Å². The first-order valence-electron chi connectivity index (χ1n) is 4.37. The number of carboxylic acids is 1. The van der Waals surface area contributed by atoms with Gasteiger partial charge < -0.3 is 9.84 Å². The summed E-state index contributed by atoms with van der Waals surface area (Å²) in [6.07, 6.45) is -15.3. The van der Waals surface area contributed by atoms with Crippen LogP contribution in [0.2, 0.25) is 0 Å². The maximum Gasteiger partial charge on any atom is 0.423 e. The van der Waals surface area contributed by atoms with Crippen LogP contribution in [0.3, 0.4) is 0 Å². The van der Waals surface area contributed by atoms with Crippen molar-refractivity contribution in [2.75, 3.05) is 6.86 Å². The first-order chi connectivity index (χ1) is 7.84. The van der Waals surface area contributed by atoms with Crippen LogP contribution in [-0.2, 0) is 9.53 Å². The van der Waals surface area contributed by atoms with Gasteiger partial charge in [-0.05, 0) is 0 Å². The van der Waals surface area contributed by atoms with Gasteiger partial charge in [-0.15, -0.1) is 0 Å². The number of aliphatic carboxylic acids is 1. The summed E-state index contributed by atoms with van der Waals surface area (Å²) in [5.41, 5.74) is 0. The number of carboxylic acid groups (broad SMARTS) is 1. The summed E-state index contributed by atoms with van der Waals surface area (Å²) in [6.45, 7) is 1.15. The number of carbonyl (C=O) groups is 1. The summed E-state index contributed by atoms with van der Waals surface area (Å²) in [4.78, 5) is 9.70. The van der Waals surface area contributed by atoms with Crippen molar-refractivity contribution in [3.63, 3.8) is 0 Å². The lowest BCUT2D eigenvalue weighted by Gasteiger charge is -2.21. The molecule has 0 aliphatic heterocycles. The highest BCUT2D eigenvalue weighted by atomic mass is 19.4. The van der Waals surface area contributed by atoms with E-state index < -0.39 is 31.3 Å². The Morgan fingerprint density at radius 3 is 1.44 bits per heavy atom. The molecular formula is C8H11F7O3. The Kier molecular flexibility index (Phi) is 7.92. The van der Waals surface area contributed by atoms with E-state index in [2.05, 4.69) is 4.74 Å². The molecule has 10 heteroatoms. The zero-order chi connectivity index (χ0) is 15.1. The zero-order valence-corrected chi connectivity index (χ0v) is 9.27. The summed E-state index contributed by atoms with van der Waals surface area (Å²) in [7, 11) is 0. The Morgan fingerprint density at radius 2 is 1.39 bits per heavy atom. The van der Waals surface area contributed by atoms with Gasteiger partial charge in [0.15, 0.2) is 6.86 Å². The van der Waals surface area contributed by atoms with E-state index in [4.69, 9.17) is 5.11 Å². The quantitative estimate of drug-likeness (QED) is 0.811. The van der Waals surface area contributed by atoms with Crippen molar-refractivity contribution in [3.05, 3.63) is 0 Å². The van der Waals surface area contributed by atoms with E-state index in [1.54, 1.807) is 13.8 Å². The number of ether oxygens (including phenoxy) is 1. The molecule has 0 fully saturated rings. The van der Waals surface area contributed by atoms with Crippen molar-refractivity contribution in [2.24, 2.45) is 5.92 Å². The maximum atomic E-state index is 11.4. The lowest BCUT2D eigenvalue weighted by atomic mass is 10.2. The molecule has 0 atom stereocenters. The second-order valence-electron chi connectivity index (χ2n) is 3.23. The average Bonchev–Trinajstić information content (AvgIpc) is 2.11. The van der Waals surface area contributed by atoms with Gasteiger partial charge in [-0.2, -0.15) is 26.3 Å². The molecule has 0 heterocycles. The van der Waals surface area contributed by atoms with Gasteiger partial charge in [0.05, 0.1) is 5.92 Å². The van der Waals surface area contributed by atoms with Gasteiger partial charge in [-0.1, -0.05) is 13.8 Å². The molecule has 110 valence electrons. The van der Waals surface area contributed by atoms with Crippen LogP contribution in [0.1, 0.15) is 13.8 Å². The minimum absolute atomic E-state index is 0.231. The Morgan fingerprint density at radius 1 is 1.11 bits per heavy atom. The molecule has 1 N–H and O–H groups in total. The van der Waals surface area contributed by atoms with Gasteiger partial charge in [0.1, 0.15) is 0 Å². The number of hydrogen-bond donors (Lipinski definition) is 1. The molecule has 3 nitrogen and oxygen atoms in total. The van der Waals surface area contributed by atoms with Crippen LogP contribution in [0.25, 0.3) is 0 Å². The number of halogens is 7. The topological polar surface area (TPSA) is 46.5 Å². The highest BCUT2D eigenvalue weighted by Crippen LogP contribution is 2.35. The van der Waals surface area contributed by atoms with E-state index in [9.17, 15) is 35.5 Å². The minimum atomic E-state index is -5.63. The molecule has 0 saturated heterocycles. The predicted octanol–water partition coefficient (Wildman–Crippen LogP) is 3.15. The minimum Gasteiger partial charge on any atom is -0.481 e. The fraction of sp³-hybridized carbons (Fsp3) is 0.875. The molecule has 0 aromatic carbocycles. The lowest BCUT2D eigenvalue weighted by Crippen LogP contribution is -2.44. The molecule has 0 bridgehead atoms. The molecular weight excluding hydrogens is 277 g/mol. The Balaban J connectivity index is 0. The molecule has 0 aliphatic rings. The van der Waals surface area contributed by atoms with Gasteiger partial charge in [-0.3, -0.25) is 4.79 Å². The summed E-state index contributed by atoms with van der Waals surface area (Å²) in [5.74, 6) is -0.972. The van der Waals surface area contributed by atoms with Crippen LogP contribution in [0.4, 0.5) is 30.7 Å². The van der Waals surface area contributed by atoms with Crippen molar-refractivity contribution < 1.29 is 45.4 Å². The zero-order valence-electron chi connectivity index (χ0n) is 9.27. The van der Waals surface area contributed by atoms with E-state index >= 15 is 0 Å². The third kappa shape index (κ3) is 9.02. The van der Waals surface area contributed by atoms with Gasteiger partial charge in [-0.25, -0.2) is 4.39 Å². The van der Waals surface area contributed by atoms with Crippen LogP contribution in [0, 0.1) is 5.92 Å². The van der Waals surface area contributed by atoms with Gasteiger partial charge in [0, 0.05) is 0 Å². The standard InChI is InChI=1S/C4H3F7O.C4H8O2/c5-1-12-2(3(6,7)8)4(9,10)11;1-3(2)4(5)6/h2H,1H2;3H,1-2H3,(H,5,6). The second kappa shape index (κ2) is 7.39. The molecule has 0 aliphatic carbocycles. The lowest BCUT2D eigenvalue weighted by molar-refractivity contribution is -0.327.